The Hall–Kier alpha value is -2.44. The quantitative estimate of drug-likeness (QED) is 0.544. The molecule has 0 saturated carbocycles. The average molecular weight is 304 g/mol. The van der Waals surface area contributed by atoms with E-state index in [1.54, 1.807) is 6.07 Å². The van der Waals surface area contributed by atoms with E-state index in [0.717, 1.165) is 0 Å². The van der Waals surface area contributed by atoms with Crippen molar-refractivity contribution >= 4 is 0 Å². The van der Waals surface area contributed by atoms with E-state index in [1.165, 1.54) is 24.3 Å². The zero-order chi connectivity index (χ0) is 15.9. The Morgan fingerprint density at radius 2 is 1.68 bits per heavy atom. The van der Waals surface area contributed by atoms with Crippen molar-refractivity contribution in [2.24, 2.45) is 0 Å². The molecule has 0 saturated heterocycles. The number of aliphatic hydroxyl groups excluding tert-OH is 1. The van der Waals surface area contributed by atoms with Gasteiger partial charge < -0.3 is 30.3 Å². The number of rotatable bonds is 3. The Balaban J connectivity index is 1.99. The van der Waals surface area contributed by atoms with Crippen LogP contribution >= 0.6 is 0 Å². The van der Waals surface area contributed by atoms with Gasteiger partial charge in [0.25, 0.3) is 0 Å². The van der Waals surface area contributed by atoms with Gasteiger partial charge in [-0.05, 0) is 35.4 Å². The number of benzene rings is 2. The van der Waals surface area contributed by atoms with Crippen LogP contribution in [0.1, 0.15) is 16.7 Å². The second kappa shape index (κ2) is 5.08. The number of fused-ring (bicyclic) bond motifs is 1. The Morgan fingerprint density at radius 3 is 2.36 bits per heavy atom. The Morgan fingerprint density at radius 1 is 1.00 bits per heavy atom. The minimum Gasteiger partial charge on any atom is -0.508 e. The molecule has 0 fully saturated rings. The van der Waals surface area contributed by atoms with E-state index >= 15 is 0 Å². The molecule has 2 aromatic carbocycles. The van der Waals surface area contributed by atoms with Gasteiger partial charge in [0.05, 0.1) is 6.61 Å². The molecule has 6 heteroatoms. The van der Waals surface area contributed by atoms with Crippen LogP contribution in [0.2, 0.25) is 0 Å². The van der Waals surface area contributed by atoms with E-state index in [9.17, 15) is 25.5 Å². The highest BCUT2D eigenvalue weighted by molar-refractivity contribution is 5.50. The van der Waals surface area contributed by atoms with Crippen LogP contribution in [0.4, 0.5) is 0 Å². The second-order valence-corrected chi connectivity index (χ2v) is 5.45. The number of phenols is 3. The maximum absolute atomic E-state index is 10.8. The monoisotopic (exact) mass is 304 g/mol. The van der Waals surface area contributed by atoms with Crippen molar-refractivity contribution in [3.8, 4) is 23.0 Å². The lowest BCUT2D eigenvalue weighted by Crippen LogP contribution is -2.30. The molecular formula is C16H16O6. The molecule has 116 valence electrons. The number of aliphatic hydroxyl groups is 2. The highest BCUT2D eigenvalue weighted by Gasteiger charge is 2.39. The van der Waals surface area contributed by atoms with Crippen molar-refractivity contribution in [1.29, 1.82) is 0 Å². The van der Waals surface area contributed by atoms with E-state index in [1.807, 2.05) is 0 Å². The molecule has 5 N–H and O–H groups in total. The van der Waals surface area contributed by atoms with E-state index in [2.05, 4.69) is 0 Å². The molecule has 0 amide bonds. The Bertz CT molecular complexity index is 727. The molecule has 2 aromatic rings. The first-order chi connectivity index (χ1) is 10.4. The van der Waals surface area contributed by atoms with Gasteiger partial charge in [0, 0.05) is 18.1 Å². The smallest absolute Gasteiger partial charge is 0.157 e. The molecule has 6 nitrogen and oxygen atoms in total. The molecular weight excluding hydrogens is 288 g/mol. The zero-order valence-corrected chi connectivity index (χ0v) is 11.7. The molecule has 0 unspecified atom stereocenters. The number of hydrogen-bond acceptors (Lipinski definition) is 6. The summed E-state index contributed by atoms with van der Waals surface area (Å²) in [4.78, 5) is 0. The van der Waals surface area contributed by atoms with Crippen molar-refractivity contribution in [1.82, 2.24) is 0 Å². The van der Waals surface area contributed by atoms with Gasteiger partial charge in [-0.3, -0.25) is 0 Å². The predicted molar refractivity (Wildman–Crippen MR) is 76.9 cm³/mol. The van der Waals surface area contributed by atoms with E-state index in [-0.39, 0.29) is 36.9 Å². The Labute approximate surface area is 126 Å². The minimum atomic E-state index is -1.34. The zero-order valence-electron chi connectivity index (χ0n) is 11.7. The van der Waals surface area contributed by atoms with Crippen LogP contribution in [-0.2, 0) is 18.6 Å². The second-order valence-electron chi connectivity index (χ2n) is 5.45. The van der Waals surface area contributed by atoms with Crippen LogP contribution in [0.15, 0.2) is 30.3 Å². The molecule has 3 rings (SSSR count). The van der Waals surface area contributed by atoms with Crippen LogP contribution in [0, 0.1) is 0 Å². The fraction of sp³-hybridized carbons (Fsp3) is 0.250. The molecule has 22 heavy (non-hydrogen) atoms. The fourth-order valence-electron chi connectivity index (χ4n) is 2.73. The van der Waals surface area contributed by atoms with Crippen molar-refractivity contribution < 1.29 is 30.3 Å². The first-order valence-electron chi connectivity index (χ1n) is 6.76. The van der Waals surface area contributed by atoms with E-state index in [4.69, 9.17) is 4.74 Å². The van der Waals surface area contributed by atoms with Crippen LogP contribution in [0.5, 0.6) is 23.0 Å². The van der Waals surface area contributed by atoms with Gasteiger partial charge >= 0.3 is 0 Å². The average Bonchev–Trinajstić information content (AvgIpc) is 2.79. The van der Waals surface area contributed by atoms with Crippen molar-refractivity contribution in [3.63, 3.8) is 0 Å². The standard InChI is InChI=1S/C16H16O6/c17-7-10-4-14(20)13(19)3-9(10)6-16(21)8-22-15-5-11(18)1-2-12(15)16/h1-5,17-21H,6-8H2/t16-/m1/s1. The molecule has 0 bridgehead atoms. The molecule has 0 spiro atoms. The largest absolute Gasteiger partial charge is 0.508 e. The molecule has 1 aliphatic rings. The van der Waals surface area contributed by atoms with Gasteiger partial charge in [0.2, 0.25) is 0 Å². The summed E-state index contributed by atoms with van der Waals surface area (Å²) in [6.45, 7) is -0.333. The topological polar surface area (TPSA) is 110 Å². The fourth-order valence-corrected chi connectivity index (χ4v) is 2.73. The van der Waals surface area contributed by atoms with Crippen LogP contribution in [-0.4, -0.2) is 32.1 Å². The molecule has 0 aliphatic carbocycles. The van der Waals surface area contributed by atoms with Gasteiger partial charge in [-0.1, -0.05) is 0 Å². The van der Waals surface area contributed by atoms with Gasteiger partial charge in [0.15, 0.2) is 11.5 Å². The highest BCUT2D eigenvalue weighted by atomic mass is 16.5. The lowest BCUT2D eigenvalue weighted by molar-refractivity contribution is 0.0163. The number of hydrogen-bond donors (Lipinski definition) is 5. The van der Waals surface area contributed by atoms with Gasteiger partial charge in [-0.25, -0.2) is 0 Å². The summed E-state index contributed by atoms with van der Waals surface area (Å²) in [6, 6.07) is 7.05. The first-order valence-corrected chi connectivity index (χ1v) is 6.76. The first kappa shape index (κ1) is 14.5. The van der Waals surface area contributed by atoms with Crippen molar-refractivity contribution in [2.45, 2.75) is 18.6 Å². The summed E-state index contributed by atoms with van der Waals surface area (Å²) in [5.41, 5.74) is 0.110. The van der Waals surface area contributed by atoms with Crippen LogP contribution in [0.3, 0.4) is 0 Å². The summed E-state index contributed by atoms with van der Waals surface area (Å²) < 4.78 is 5.41. The molecule has 1 heterocycles. The summed E-state index contributed by atoms with van der Waals surface area (Å²) in [7, 11) is 0. The molecule has 1 atom stereocenters. The SMILES string of the molecule is OCc1cc(O)c(O)cc1C[C@@]1(O)COc2cc(O)ccc21. The van der Waals surface area contributed by atoms with E-state index in [0.29, 0.717) is 22.4 Å². The molecule has 0 radical (unpaired) electrons. The summed E-state index contributed by atoms with van der Waals surface area (Å²) in [6.07, 6.45) is 0.0918. The Kier molecular flexibility index (Phi) is 3.35. The maximum atomic E-state index is 10.8. The lowest BCUT2D eigenvalue weighted by Gasteiger charge is -2.23. The van der Waals surface area contributed by atoms with Gasteiger partial charge in [-0.15, -0.1) is 0 Å². The third-order valence-corrected chi connectivity index (χ3v) is 3.88. The highest BCUT2D eigenvalue weighted by Crippen LogP contribution is 2.42. The van der Waals surface area contributed by atoms with Gasteiger partial charge in [-0.2, -0.15) is 0 Å². The molecule has 1 aliphatic heterocycles. The number of aromatic hydroxyl groups is 3. The number of phenolic OH excluding ortho intramolecular Hbond substituents is 3. The van der Waals surface area contributed by atoms with Crippen LogP contribution in [0.25, 0.3) is 0 Å². The summed E-state index contributed by atoms with van der Waals surface area (Å²) in [5.74, 6) is -0.203. The van der Waals surface area contributed by atoms with Crippen molar-refractivity contribution in [3.05, 3.63) is 47.0 Å². The minimum absolute atomic E-state index is 0.00169. The molecule has 0 aromatic heterocycles. The maximum Gasteiger partial charge on any atom is 0.157 e. The third kappa shape index (κ3) is 2.32. The normalized spacial score (nSPS) is 19.7. The summed E-state index contributed by atoms with van der Waals surface area (Å²) in [5, 5.41) is 48.8. The summed E-state index contributed by atoms with van der Waals surface area (Å²) >= 11 is 0. The lowest BCUT2D eigenvalue weighted by atomic mass is 9.87. The van der Waals surface area contributed by atoms with Crippen LogP contribution < -0.4 is 4.74 Å². The van der Waals surface area contributed by atoms with Crippen molar-refractivity contribution in [2.75, 3.05) is 6.61 Å². The predicted octanol–water partition coefficient (Wildman–Crippen LogP) is 1.12. The number of ether oxygens (including phenoxy) is 1. The van der Waals surface area contributed by atoms with E-state index < -0.39 is 5.60 Å². The third-order valence-electron chi connectivity index (χ3n) is 3.88. The van der Waals surface area contributed by atoms with Gasteiger partial charge in [0.1, 0.15) is 23.7 Å².